The molecule has 3 aromatic rings. The van der Waals surface area contributed by atoms with Gasteiger partial charge in [0, 0.05) is 12.1 Å². The van der Waals surface area contributed by atoms with Crippen LogP contribution in [0.2, 0.25) is 0 Å². The second-order valence-corrected chi connectivity index (χ2v) is 5.12. The number of benzene rings is 1. The summed E-state index contributed by atoms with van der Waals surface area (Å²) in [5.41, 5.74) is 5.97. The fraction of sp³-hybridized carbons (Fsp3) is 0.0833. The first-order valence-corrected chi connectivity index (χ1v) is 6.62. The molecule has 7 nitrogen and oxygen atoms in total. The van der Waals surface area contributed by atoms with Crippen molar-refractivity contribution < 1.29 is 9.13 Å². The fourth-order valence-electron chi connectivity index (χ4n) is 1.87. The highest BCUT2D eigenvalue weighted by Crippen LogP contribution is 2.31. The van der Waals surface area contributed by atoms with Crippen LogP contribution < -0.4 is 16.2 Å². The van der Waals surface area contributed by atoms with Crippen molar-refractivity contribution in [2.45, 2.75) is 6.92 Å². The number of ether oxygens (including phenoxy) is 1. The van der Waals surface area contributed by atoms with E-state index >= 15 is 0 Å². The van der Waals surface area contributed by atoms with Crippen LogP contribution in [-0.4, -0.2) is 19.6 Å². The molecular weight excluding hydrogens is 345 g/mol. The Morgan fingerprint density at radius 1 is 1.43 bits per heavy atom. The van der Waals surface area contributed by atoms with Gasteiger partial charge in [0.25, 0.3) is 0 Å². The van der Waals surface area contributed by atoms with Crippen LogP contribution in [-0.2, 0) is 0 Å². The van der Waals surface area contributed by atoms with Gasteiger partial charge in [-0.2, -0.15) is 10.1 Å². The fourth-order valence-corrected chi connectivity index (χ4v) is 2.23. The third-order valence-corrected chi connectivity index (χ3v) is 3.42. The van der Waals surface area contributed by atoms with Gasteiger partial charge in [0.15, 0.2) is 11.4 Å². The van der Waals surface area contributed by atoms with Crippen LogP contribution in [0.25, 0.3) is 5.65 Å². The molecule has 0 fully saturated rings. The SMILES string of the molecule is Cc1nc(Oc2cc(F)c(Br)cc2N)cc2n[nH]c(=O)n12. The highest BCUT2D eigenvalue weighted by atomic mass is 79.9. The molecule has 108 valence electrons. The number of nitrogen functional groups attached to an aromatic ring is 1. The molecule has 0 aliphatic carbocycles. The van der Waals surface area contributed by atoms with Crippen molar-refractivity contribution in [2.75, 3.05) is 5.73 Å². The number of anilines is 1. The summed E-state index contributed by atoms with van der Waals surface area (Å²) in [6, 6.07) is 4.00. The van der Waals surface area contributed by atoms with E-state index in [1.807, 2.05) is 0 Å². The molecule has 0 unspecified atom stereocenters. The molecule has 0 radical (unpaired) electrons. The van der Waals surface area contributed by atoms with E-state index in [0.717, 1.165) is 6.07 Å². The average Bonchev–Trinajstić information content (AvgIpc) is 2.78. The first kappa shape index (κ1) is 13.6. The molecule has 2 aromatic heterocycles. The predicted molar refractivity (Wildman–Crippen MR) is 76.9 cm³/mol. The second kappa shape index (κ2) is 4.85. The monoisotopic (exact) mass is 353 g/mol. The smallest absolute Gasteiger partial charge is 0.349 e. The number of hydrogen-bond donors (Lipinski definition) is 2. The molecule has 0 bridgehead atoms. The van der Waals surface area contributed by atoms with Gasteiger partial charge >= 0.3 is 5.69 Å². The number of aryl methyl sites for hydroxylation is 1. The maximum atomic E-state index is 13.5. The first-order chi connectivity index (χ1) is 9.95. The van der Waals surface area contributed by atoms with Crippen LogP contribution in [0.1, 0.15) is 5.82 Å². The molecule has 0 aliphatic rings. The minimum atomic E-state index is -0.506. The number of nitrogens with two attached hydrogens (primary N) is 1. The van der Waals surface area contributed by atoms with Gasteiger partial charge in [-0.3, -0.25) is 0 Å². The number of aromatic amines is 1. The molecule has 2 heterocycles. The highest BCUT2D eigenvalue weighted by molar-refractivity contribution is 9.10. The topological polar surface area (TPSA) is 98.3 Å². The molecule has 0 aliphatic heterocycles. The standard InChI is InChI=1S/C12H9BrFN5O2/c1-5-16-11(4-10-17-18-12(20)19(5)10)21-9-3-7(14)6(13)2-8(9)15/h2-4H,15H2,1H3,(H,18,20). The van der Waals surface area contributed by atoms with Crippen LogP contribution >= 0.6 is 15.9 Å². The lowest BCUT2D eigenvalue weighted by Gasteiger charge is -2.09. The van der Waals surface area contributed by atoms with Crippen molar-refractivity contribution in [3.8, 4) is 11.6 Å². The second-order valence-electron chi connectivity index (χ2n) is 4.27. The highest BCUT2D eigenvalue weighted by Gasteiger charge is 2.12. The van der Waals surface area contributed by atoms with Crippen LogP contribution in [0.15, 0.2) is 27.5 Å². The number of halogens is 2. The Bertz CT molecular complexity index is 905. The van der Waals surface area contributed by atoms with Crippen LogP contribution in [0.3, 0.4) is 0 Å². The summed E-state index contributed by atoms with van der Waals surface area (Å²) >= 11 is 3.03. The van der Waals surface area contributed by atoms with Crippen LogP contribution in [0.5, 0.6) is 11.6 Å². The van der Waals surface area contributed by atoms with Gasteiger partial charge in [0.05, 0.1) is 10.2 Å². The van der Waals surface area contributed by atoms with Crippen LogP contribution in [0, 0.1) is 12.7 Å². The molecule has 0 spiro atoms. The Labute approximate surface area is 125 Å². The summed E-state index contributed by atoms with van der Waals surface area (Å²) in [6.45, 7) is 1.63. The zero-order chi connectivity index (χ0) is 15.1. The number of hydrogen-bond acceptors (Lipinski definition) is 5. The zero-order valence-electron chi connectivity index (χ0n) is 10.7. The molecule has 0 saturated heterocycles. The van der Waals surface area contributed by atoms with E-state index in [1.54, 1.807) is 6.92 Å². The molecule has 9 heteroatoms. The van der Waals surface area contributed by atoms with Crippen molar-refractivity contribution in [1.29, 1.82) is 0 Å². The summed E-state index contributed by atoms with van der Waals surface area (Å²) in [6.07, 6.45) is 0. The zero-order valence-corrected chi connectivity index (χ0v) is 12.3. The van der Waals surface area contributed by atoms with Gasteiger partial charge in [0.1, 0.15) is 11.6 Å². The maximum Gasteiger partial charge on any atom is 0.349 e. The van der Waals surface area contributed by atoms with Gasteiger partial charge in [0.2, 0.25) is 5.88 Å². The molecule has 0 saturated carbocycles. The molecular formula is C12H9BrFN5O2. The summed E-state index contributed by atoms with van der Waals surface area (Å²) in [7, 11) is 0. The summed E-state index contributed by atoms with van der Waals surface area (Å²) in [4.78, 5) is 15.6. The molecule has 3 N–H and O–H groups in total. The summed E-state index contributed by atoms with van der Waals surface area (Å²) < 4.78 is 20.5. The van der Waals surface area contributed by atoms with Crippen molar-refractivity contribution in [1.82, 2.24) is 19.6 Å². The maximum absolute atomic E-state index is 13.5. The Morgan fingerprint density at radius 2 is 2.19 bits per heavy atom. The Balaban J connectivity index is 2.06. The molecule has 21 heavy (non-hydrogen) atoms. The van der Waals surface area contributed by atoms with Crippen molar-refractivity contribution in [2.24, 2.45) is 0 Å². The van der Waals surface area contributed by atoms with Crippen molar-refractivity contribution in [3.05, 3.63) is 44.8 Å². The summed E-state index contributed by atoms with van der Waals surface area (Å²) in [5, 5.41) is 6.14. The Kier molecular flexibility index (Phi) is 3.13. The van der Waals surface area contributed by atoms with E-state index in [4.69, 9.17) is 10.5 Å². The van der Waals surface area contributed by atoms with Gasteiger partial charge in [-0.1, -0.05) is 0 Å². The number of nitrogens with zero attached hydrogens (tertiary/aromatic N) is 3. The first-order valence-electron chi connectivity index (χ1n) is 5.83. The van der Waals surface area contributed by atoms with Crippen molar-refractivity contribution >= 4 is 27.3 Å². The van der Waals surface area contributed by atoms with Gasteiger partial charge in [-0.25, -0.2) is 18.7 Å². The number of aromatic nitrogens is 4. The summed E-state index contributed by atoms with van der Waals surface area (Å²) in [5.74, 6) is 0.169. The normalized spacial score (nSPS) is 11.0. The molecule has 0 amide bonds. The lowest BCUT2D eigenvalue weighted by atomic mass is 10.3. The molecule has 0 atom stereocenters. The number of nitrogens with one attached hydrogen (secondary N) is 1. The third-order valence-electron chi connectivity index (χ3n) is 2.81. The van der Waals surface area contributed by atoms with E-state index < -0.39 is 11.5 Å². The van der Waals surface area contributed by atoms with E-state index in [0.29, 0.717) is 11.5 Å². The van der Waals surface area contributed by atoms with Gasteiger partial charge < -0.3 is 10.5 Å². The largest absolute Gasteiger partial charge is 0.437 e. The van der Waals surface area contributed by atoms with E-state index in [1.165, 1.54) is 16.5 Å². The minimum absolute atomic E-state index is 0.129. The average molecular weight is 354 g/mol. The Hall–Kier alpha value is -2.42. The van der Waals surface area contributed by atoms with Crippen molar-refractivity contribution in [3.63, 3.8) is 0 Å². The lowest BCUT2D eigenvalue weighted by Crippen LogP contribution is -2.13. The predicted octanol–water partition coefficient (Wildman–Crippen LogP) is 2.00. The Morgan fingerprint density at radius 3 is 2.95 bits per heavy atom. The van der Waals surface area contributed by atoms with E-state index in [9.17, 15) is 9.18 Å². The quantitative estimate of drug-likeness (QED) is 0.686. The minimum Gasteiger partial charge on any atom is -0.437 e. The number of H-pyrrole nitrogens is 1. The van der Waals surface area contributed by atoms with E-state index in [-0.39, 0.29) is 21.8 Å². The molecule has 3 rings (SSSR count). The molecule has 1 aromatic carbocycles. The third kappa shape index (κ3) is 2.35. The van der Waals surface area contributed by atoms with Gasteiger partial charge in [-0.15, -0.1) is 0 Å². The van der Waals surface area contributed by atoms with Gasteiger partial charge in [-0.05, 0) is 28.9 Å². The number of rotatable bonds is 2. The van der Waals surface area contributed by atoms with E-state index in [2.05, 4.69) is 31.1 Å². The van der Waals surface area contributed by atoms with Crippen LogP contribution in [0.4, 0.5) is 10.1 Å². The number of fused-ring (bicyclic) bond motifs is 1. The lowest BCUT2D eigenvalue weighted by molar-refractivity contribution is 0.457.